The molecule has 1 rings (SSSR count). The van der Waals surface area contributed by atoms with E-state index in [0.717, 1.165) is 25.3 Å². The van der Waals surface area contributed by atoms with Crippen LogP contribution in [0.4, 0.5) is 13.2 Å². The molecule has 1 aliphatic heterocycles. The van der Waals surface area contributed by atoms with E-state index in [2.05, 4.69) is 16.9 Å². The average molecular weight is 306 g/mol. The van der Waals surface area contributed by atoms with Crippen LogP contribution in [0.5, 0.6) is 0 Å². The molecule has 0 saturated carbocycles. The fourth-order valence-corrected chi connectivity index (χ4v) is 2.45. The van der Waals surface area contributed by atoms with Crippen LogP contribution < -0.4 is 5.32 Å². The molecule has 0 aromatic carbocycles. The van der Waals surface area contributed by atoms with E-state index in [9.17, 15) is 13.2 Å². The molecule has 1 fully saturated rings. The van der Waals surface area contributed by atoms with Gasteiger partial charge in [-0.25, -0.2) is 0 Å². The number of aliphatic imine (C=N–C) groups is 1. The molecule has 1 atom stereocenters. The van der Waals surface area contributed by atoms with E-state index in [1.807, 2.05) is 18.0 Å². The standard InChI is InChI=1S/C14H25F3N4/c1-4-5-6-8-20(3)13(18-2)19-12-7-9-21(10-12)11-14(15,16)17/h4,12H,1,5-11H2,2-3H3,(H,18,19). The van der Waals surface area contributed by atoms with Gasteiger partial charge in [-0.1, -0.05) is 6.08 Å². The van der Waals surface area contributed by atoms with Gasteiger partial charge < -0.3 is 10.2 Å². The highest BCUT2D eigenvalue weighted by atomic mass is 19.4. The lowest BCUT2D eigenvalue weighted by Crippen LogP contribution is -2.46. The van der Waals surface area contributed by atoms with Gasteiger partial charge in [0.1, 0.15) is 0 Å². The Bertz CT molecular complexity index is 355. The molecule has 0 bridgehead atoms. The fraction of sp³-hybridized carbons (Fsp3) is 0.786. The van der Waals surface area contributed by atoms with Gasteiger partial charge >= 0.3 is 6.18 Å². The summed E-state index contributed by atoms with van der Waals surface area (Å²) in [5.41, 5.74) is 0. The molecule has 1 aliphatic rings. The third-order valence-corrected chi connectivity index (χ3v) is 3.48. The molecule has 0 amide bonds. The van der Waals surface area contributed by atoms with Crippen molar-refractivity contribution >= 4 is 5.96 Å². The summed E-state index contributed by atoms with van der Waals surface area (Å²) in [6.07, 6.45) is 0.360. The number of guanidine groups is 1. The molecular formula is C14H25F3N4. The van der Waals surface area contributed by atoms with Crippen molar-refractivity contribution in [3.05, 3.63) is 12.7 Å². The second-order valence-corrected chi connectivity index (χ2v) is 5.38. The molecule has 1 heterocycles. The summed E-state index contributed by atoms with van der Waals surface area (Å²) in [7, 11) is 3.62. The van der Waals surface area contributed by atoms with Crippen LogP contribution in [0.2, 0.25) is 0 Å². The van der Waals surface area contributed by atoms with Crippen molar-refractivity contribution in [3.8, 4) is 0 Å². The lowest BCUT2D eigenvalue weighted by Gasteiger charge is -2.25. The number of likely N-dealkylation sites (tertiary alicyclic amines) is 1. The van der Waals surface area contributed by atoms with Crippen molar-refractivity contribution in [1.82, 2.24) is 15.1 Å². The molecule has 1 N–H and O–H groups in total. The second kappa shape index (κ2) is 8.26. The van der Waals surface area contributed by atoms with Gasteiger partial charge in [0.15, 0.2) is 5.96 Å². The number of unbranched alkanes of at least 4 members (excludes halogenated alkanes) is 1. The molecule has 0 radical (unpaired) electrons. The first-order valence-electron chi connectivity index (χ1n) is 7.20. The number of halogens is 3. The summed E-state index contributed by atoms with van der Waals surface area (Å²) >= 11 is 0. The highest BCUT2D eigenvalue weighted by Crippen LogP contribution is 2.20. The van der Waals surface area contributed by atoms with Crippen LogP contribution in [0.15, 0.2) is 17.6 Å². The van der Waals surface area contributed by atoms with Gasteiger partial charge in [-0.3, -0.25) is 9.89 Å². The Morgan fingerprint density at radius 2 is 2.24 bits per heavy atom. The number of nitrogens with one attached hydrogen (secondary N) is 1. The minimum absolute atomic E-state index is 0.0212. The van der Waals surface area contributed by atoms with Gasteiger partial charge in [0.05, 0.1) is 6.54 Å². The zero-order valence-electron chi connectivity index (χ0n) is 12.8. The summed E-state index contributed by atoms with van der Waals surface area (Å²) in [4.78, 5) is 7.62. The molecule has 0 spiro atoms. The molecule has 4 nitrogen and oxygen atoms in total. The van der Waals surface area contributed by atoms with Crippen molar-refractivity contribution in [3.63, 3.8) is 0 Å². The minimum Gasteiger partial charge on any atom is -0.352 e. The molecule has 0 aliphatic carbocycles. The van der Waals surface area contributed by atoms with Crippen molar-refractivity contribution in [1.29, 1.82) is 0 Å². The predicted molar refractivity (Wildman–Crippen MR) is 79.5 cm³/mol. The van der Waals surface area contributed by atoms with Gasteiger partial charge in [-0.2, -0.15) is 13.2 Å². The first-order valence-corrected chi connectivity index (χ1v) is 7.20. The normalized spacial score (nSPS) is 20.6. The van der Waals surface area contributed by atoms with Crippen molar-refractivity contribution < 1.29 is 13.2 Å². The number of alkyl halides is 3. The van der Waals surface area contributed by atoms with Crippen LogP contribution in [0.25, 0.3) is 0 Å². The van der Waals surface area contributed by atoms with E-state index in [0.29, 0.717) is 19.5 Å². The van der Waals surface area contributed by atoms with Crippen LogP contribution in [-0.4, -0.2) is 68.3 Å². The lowest BCUT2D eigenvalue weighted by atomic mass is 10.2. The van der Waals surface area contributed by atoms with Crippen molar-refractivity contribution in [2.24, 2.45) is 4.99 Å². The van der Waals surface area contributed by atoms with E-state index < -0.39 is 12.7 Å². The number of hydrogen-bond donors (Lipinski definition) is 1. The maximum Gasteiger partial charge on any atom is 0.401 e. The van der Waals surface area contributed by atoms with Gasteiger partial charge in [-0.05, 0) is 19.3 Å². The molecule has 122 valence electrons. The van der Waals surface area contributed by atoms with E-state index in [1.54, 1.807) is 7.05 Å². The number of rotatable bonds is 6. The van der Waals surface area contributed by atoms with E-state index in [4.69, 9.17) is 0 Å². The van der Waals surface area contributed by atoms with Crippen LogP contribution in [-0.2, 0) is 0 Å². The molecule has 1 unspecified atom stereocenters. The lowest BCUT2D eigenvalue weighted by molar-refractivity contribution is -0.143. The van der Waals surface area contributed by atoms with Gasteiger partial charge in [-0.15, -0.1) is 6.58 Å². The van der Waals surface area contributed by atoms with Crippen molar-refractivity contribution in [2.75, 3.05) is 40.3 Å². The second-order valence-electron chi connectivity index (χ2n) is 5.38. The topological polar surface area (TPSA) is 30.9 Å². The summed E-state index contributed by atoms with van der Waals surface area (Å²) in [6, 6.07) is 0.0212. The summed E-state index contributed by atoms with van der Waals surface area (Å²) in [6.45, 7) is 4.55. The fourth-order valence-electron chi connectivity index (χ4n) is 2.45. The molecule has 0 aromatic heterocycles. The zero-order valence-corrected chi connectivity index (χ0v) is 12.8. The third-order valence-electron chi connectivity index (χ3n) is 3.48. The Labute approximate surface area is 124 Å². The summed E-state index contributed by atoms with van der Waals surface area (Å²) in [5, 5.41) is 3.25. The minimum atomic E-state index is -4.13. The third kappa shape index (κ3) is 6.84. The molecule has 21 heavy (non-hydrogen) atoms. The maximum absolute atomic E-state index is 12.4. The quantitative estimate of drug-likeness (QED) is 0.353. The van der Waals surface area contributed by atoms with E-state index in [-0.39, 0.29) is 6.04 Å². The van der Waals surface area contributed by atoms with Crippen molar-refractivity contribution in [2.45, 2.75) is 31.5 Å². The van der Waals surface area contributed by atoms with Crippen LogP contribution in [0.3, 0.4) is 0 Å². The zero-order chi connectivity index (χ0) is 15.9. The first-order chi connectivity index (χ1) is 9.85. The Balaban J connectivity index is 2.39. The Kier molecular flexibility index (Phi) is 7.01. The Morgan fingerprint density at radius 3 is 2.81 bits per heavy atom. The average Bonchev–Trinajstić information content (AvgIpc) is 2.81. The molecular weight excluding hydrogens is 281 g/mol. The molecule has 1 saturated heterocycles. The summed E-state index contributed by atoms with van der Waals surface area (Å²) in [5.74, 6) is 0.734. The maximum atomic E-state index is 12.4. The van der Waals surface area contributed by atoms with Crippen LogP contribution in [0, 0.1) is 0 Å². The number of nitrogens with zero attached hydrogens (tertiary/aromatic N) is 3. The van der Waals surface area contributed by atoms with Gasteiger partial charge in [0.2, 0.25) is 0 Å². The Morgan fingerprint density at radius 1 is 1.52 bits per heavy atom. The van der Waals surface area contributed by atoms with E-state index in [1.165, 1.54) is 4.90 Å². The molecule has 7 heteroatoms. The number of allylic oxidation sites excluding steroid dienone is 1. The van der Waals surface area contributed by atoms with Gasteiger partial charge in [0.25, 0.3) is 0 Å². The monoisotopic (exact) mass is 306 g/mol. The van der Waals surface area contributed by atoms with Crippen LogP contribution >= 0.6 is 0 Å². The molecule has 0 aromatic rings. The first kappa shape index (κ1) is 17.8. The van der Waals surface area contributed by atoms with E-state index >= 15 is 0 Å². The predicted octanol–water partition coefficient (Wildman–Crippen LogP) is 2.10. The number of hydrogen-bond acceptors (Lipinski definition) is 2. The summed E-state index contributed by atoms with van der Waals surface area (Å²) < 4.78 is 37.1. The highest BCUT2D eigenvalue weighted by molar-refractivity contribution is 5.79. The smallest absolute Gasteiger partial charge is 0.352 e. The Hall–Kier alpha value is -1.24. The van der Waals surface area contributed by atoms with Crippen LogP contribution in [0.1, 0.15) is 19.3 Å². The largest absolute Gasteiger partial charge is 0.401 e. The SMILES string of the molecule is C=CCCCN(C)C(=NC)NC1CCN(CC(F)(F)F)C1. The van der Waals surface area contributed by atoms with Gasteiger partial charge in [0, 0.05) is 39.8 Å². The highest BCUT2D eigenvalue weighted by Gasteiger charge is 2.34.